The van der Waals surface area contributed by atoms with E-state index in [9.17, 15) is 0 Å². The zero-order chi connectivity index (χ0) is 8.10. The van der Waals surface area contributed by atoms with Gasteiger partial charge in [-0.05, 0) is 24.7 Å². The zero-order valence-corrected chi connectivity index (χ0v) is 7.05. The highest BCUT2D eigenvalue weighted by Gasteiger charge is 2.17. The third-order valence-corrected chi connectivity index (χ3v) is 2.20. The van der Waals surface area contributed by atoms with Crippen molar-refractivity contribution in [3.8, 4) is 6.07 Å². The summed E-state index contributed by atoms with van der Waals surface area (Å²) in [5, 5.41) is 8.43. The van der Waals surface area contributed by atoms with Crippen LogP contribution in [0.15, 0.2) is 0 Å². The lowest BCUT2D eigenvalue weighted by Crippen LogP contribution is -2.05. The summed E-state index contributed by atoms with van der Waals surface area (Å²) in [5.74, 6) is 1.27. The summed E-state index contributed by atoms with van der Waals surface area (Å²) in [6.07, 6.45) is 3.04. The molecule has 0 amide bonds. The van der Waals surface area contributed by atoms with Crippen LogP contribution in [0.1, 0.15) is 26.2 Å². The van der Waals surface area contributed by atoms with Gasteiger partial charge >= 0.3 is 0 Å². The number of hydrogen-bond acceptors (Lipinski definition) is 2. The van der Waals surface area contributed by atoms with Gasteiger partial charge in [0, 0.05) is 19.6 Å². The molecule has 1 fully saturated rings. The van der Waals surface area contributed by atoms with Crippen molar-refractivity contribution >= 4 is 0 Å². The van der Waals surface area contributed by atoms with Crippen molar-refractivity contribution < 1.29 is 4.74 Å². The second-order valence-electron chi connectivity index (χ2n) is 3.43. The number of ether oxygens (including phenoxy) is 1. The van der Waals surface area contributed by atoms with Crippen LogP contribution >= 0.6 is 0 Å². The first kappa shape index (κ1) is 8.55. The molecule has 2 nitrogen and oxygen atoms in total. The van der Waals surface area contributed by atoms with E-state index in [1.165, 1.54) is 6.42 Å². The first-order valence-electron chi connectivity index (χ1n) is 4.27. The van der Waals surface area contributed by atoms with Gasteiger partial charge in [-0.1, -0.05) is 6.92 Å². The molecular weight excluding hydrogens is 138 g/mol. The Bertz CT molecular complexity index is 144. The van der Waals surface area contributed by atoms with Gasteiger partial charge in [-0.2, -0.15) is 5.26 Å². The van der Waals surface area contributed by atoms with Crippen LogP contribution in [0.2, 0.25) is 0 Å². The molecule has 0 saturated carbocycles. The average molecular weight is 153 g/mol. The van der Waals surface area contributed by atoms with Gasteiger partial charge in [0.25, 0.3) is 0 Å². The molecule has 1 rings (SSSR count). The molecule has 1 heterocycles. The Morgan fingerprint density at radius 3 is 3.09 bits per heavy atom. The van der Waals surface area contributed by atoms with E-state index in [1.807, 2.05) is 0 Å². The summed E-state index contributed by atoms with van der Waals surface area (Å²) in [4.78, 5) is 0. The number of hydrogen-bond donors (Lipinski definition) is 0. The van der Waals surface area contributed by atoms with Crippen molar-refractivity contribution in [2.24, 2.45) is 11.8 Å². The minimum atomic E-state index is 0.548. The Morgan fingerprint density at radius 1 is 1.73 bits per heavy atom. The van der Waals surface area contributed by atoms with E-state index in [-0.39, 0.29) is 0 Å². The van der Waals surface area contributed by atoms with Gasteiger partial charge in [0.2, 0.25) is 0 Å². The van der Waals surface area contributed by atoms with Crippen molar-refractivity contribution in [1.29, 1.82) is 5.26 Å². The summed E-state index contributed by atoms with van der Waals surface area (Å²) in [5.41, 5.74) is 0. The molecule has 0 aromatic rings. The van der Waals surface area contributed by atoms with Crippen LogP contribution in [0.25, 0.3) is 0 Å². The molecule has 0 radical (unpaired) electrons. The first-order chi connectivity index (χ1) is 5.33. The van der Waals surface area contributed by atoms with Crippen LogP contribution in [-0.4, -0.2) is 13.2 Å². The second-order valence-corrected chi connectivity index (χ2v) is 3.43. The quantitative estimate of drug-likeness (QED) is 0.621. The highest BCUT2D eigenvalue weighted by Crippen LogP contribution is 2.22. The van der Waals surface area contributed by atoms with Crippen molar-refractivity contribution in [2.45, 2.75) is 26.2 Å². The van der Waals surface area contributed by atoms with Crippen LogP contribution < -0.4 is 0 Å². The van der Waals surface area contributed by atoms with Gasteiger partial charge in [-0.3, -0.25) is 0 Å². The van der Waals surface area contributed by atoms with Gasteiger partial charge in [0.15, 0.2) is 0 Å². The fraction of sp³-hybridized carbons (Fsp3) is 0.889. The molecule has 1 aliphatic heterocycles. The molecule has 0 bridgehead atoms. The Balaban J connectivity index is 2.14. The monoisotopic (exact) mass is 153 g/mol. The van der Waals surface area contributed by atoms with E-state index < -0.39 is 0 Å². The third kappa shape index (κ3) is 2.90. The van der Waals surface area contributed by atoms with E-state index >= 15 is 0 Å². The van der Waals surface area contributed by atoms with Crippen LogP contribution in [0.4, 0.5) is 0 Å². The van der Waals surface area contributed by atoms with Gasteiger partial charge in [0.1, 0.15) is 0 Å². The minimum Gasteiger partial charge on any atom is -0.381 e. The van der Waals surface area contributed by atoms with Gasteiger partial charge in [-0.25, -0.2) is 0 Å². The molecule has 2 atom stereocenters. The van der Waals surface area contributed by atoms with E-state index in [1.54, 1.807) is 0 Å². The summed E-state index contributed by atoms with van der Waals surface area (Å²) in [7, 11) is 0. The Labute approximate surface area is 68.2 Å². The molecule has 0 aromatic carbocycles. The summed E-state index contributed by atoms with van der Waals surface area (Å²) < 4.78 is 5.25. The van der Waals surface area contributed by atoms with Crippen LogP contribution in [0.3, 0.4) is 0 Å². The van der Waals surface area contributed by atoms with Crippen LogP contribution in [0.5, 0.6) is 0 Å². The predicted octanol–water partition coefficient (Wildman–Crippen LogP) is 1.96. The van der Waals surface area contributed by atoms with E-state index in [2.05, 4.69) is 13.0 Å². The normalized spacial score (nSPS) is 26.4. The van der Waals surface area contributed by atoms with Gasteiger partial charge in [0.05, 0.1) is 6.07 Å². The largest absolute Gasteiger partial charge is 0.381 e. The Hall–Kier alpha value is -0.550. The maximum absolute atomic E-state index is 8.43. The average Bonchev–Trinajstić information content (AvgIpc) is 2.40. The Morgan fingerprint density at radius 2 is 2.55 bits per heavy atom. The maximum atomic E-state index is 8.43. The zero-order valence-electron chi connectivity index (χ0n) is 7.05. The number of rotatable bonds is 3. The van der Waals surface area contributed by atoms with Crippen molar-refractivity contribution in [3.63, 3.8) is 0 Å². The smallest absolute Gasteiger partial charge is 0.0624 e. The Kier molecular flexibility index (Phi) is 3.38. The molecule has 2 heteroatoms. The van der Waals surface area contributed by atoms with Crippen LogP contribution in [0, 0.1) is 23.2 Å². The summed E-state index contributed by atoms with van der Waals surface area (Å²) in [6, 6.07) is 2.20. The lowest BCUT2D eigenvalue weighted by molar-refractivity contribution is 0.181. The van der Waals surface area contributed by atoms with Gasteiger partial charge < -0.3 is 4.74 Å². The highest BCUT2D eigenvalue weighted by atomic mass is 16.5. The first-order valence-corrected chi connectivity index (χ1v) is 4.27. The lowest BCUT2D eigenvalue weighted by atomic mass is 9.93. The summed E-state index contributed by atoms with van der Waals surface area (Å²) in [6.45, 7) is 3.97. The molecule has 1 saturated heterocycles. The predicted molar refractivity (Wildman–Crippen MR) is 42.9 cm³/mol. The third-order valence-electron chi connectivity index (χ3n) is 2.20. The standard InChI is InChI=1S/C9H15NO/c1-8(2-4-10)6-9-3-5-11-7-9/h8-9H,2-3,5-7H2,1H3. The minimum absolute atomic E-state index is 0.548. The van der Waals surface area contributed by atoms with E-state index in [0.717, 1.165) is 25.6 Å². The molecule has 0 N–H and O–H groups in total. The second kappa shape index (κ2) is 4.35. The van der Waals surface area contributed by atoms with Crippen molar-refractivity contribution in [1.82, 2.24) is 0 Å². The molecule has 2 unspecified atom stereocenters. The number of nitrogens with zero attached hydrogens (tertiary/aromatic N) is 1. The molecule has 11 heavy (non-hydrogen) atoms. The summed E-state index contributed by atoms with van der Waals surface area (Å²) >= 11 is 0. The van der Waals surface area contributed by atoms with Crippen LogP contribution in [-0.2, 0) is 4.74 Å². The topological polar surface area (TPSA) is 33.0 Å². The molecular formula is C9H15NO. The van der Waals surface area contributed by atoms with E-state index in [4.69, 9.17) is 10.00 Å². The lowest BCUT2D eigenvalue weighted by Gasteiger charge is -2.11. The van der Waals surface area contributed by atoms with Crippen molar-refractivity contribution in [3.05, 3.63) is 0 Å². The maximum Gasteiger partial charge on any atom is 0.0624 e. The van der Waals surface area contributed by atoms with Gasteiger partial charge in [-0.15, -0.1) is 0 Å². The fourth-order valence-electron chi connectivity index (χ4n) is 1.58. The SMILES string of the molecule is CC(CC#N)CC1CCOC1. The molecule has 0 aliphatic carbocycles. The number of nitriles is 1. The molecule has 0 aromatic heterocycles. The molecule has 1 aliphatic rings. The van der Waals surface area contributed by atoms with Crippen molar-refractivity contribution in [2.75, 3.05) is 13.2 Å². The molecule has 62 valence electrons. The van der Waals surface area contributed by atoms with E-state index in [0.29, 0.717) is 12.3 Å². The fourth-order valence-corrected chi connectivity index (χ4v) is 1.58. The molecule has 0 spiro atoms. The highest BCUT2D eigenvalue weighted by molar-refractivity contribution is 4.76.